The van der Waals surface area contributed by atoms with Crippen LogP contribution in [0.5, 0.6) is 5.75 Å². The number of aromatic nitrogens is 3. The number of rotatable bonds is 4. The molecular weight excluding hydrogens is 316 g/mol. The van der Waals surface area contributed by atoms with Gasteiger partial charge in [-0.05, 0) is 35.9 Å². The minimum Gasteiger partial charge on any atom is -0.508 e. The second-order valence-electron chi connectivity index (χ2n) is 5.64. The van der Waals surface area contributed by atoms with Crippen LogP contribution in [0.25, 0.3) is 16.9 Å². The van der Waals surface area contributed by atoms with Crippen molar-refractivity contribution < 1.29 is 10.2 Å². The minimum atomic E-state index is -0.000208. The van der Waals surface area contributed by atoms with Crippen LogP contribution in [0.3, 0.4) is 0 Å². The fourth-order valence-electron chi connectivity index (χ4n) is 2.73. The van der Waals surface area contributed by atoms with Gasteiger partial charge in [-0.2, -0.15) is 0 Å². The van der Waals surface area contributed by atoms with Gasteiger partial charge in [0.2, 0.25) is 0 Å². The van der Waals surface area contributed by atoms with E-state index < -0.39 is 0 Å². The molecule has 0 unspecified atom stereocenters. The number of aliphatic hydroxyl groups is 1. The molecule has 0 bridgehead atoms. The van der Waals surface area contributed by atoms with Crippen LogP contribution in [0.15, 0.2) is 67.1 Å². The lowest BCUT2D eigenvalue weighted by Crippen LogP contribution is -1.98. The number of benzene rings is 2. The van der Waals surface area contributed by atoms with Gasteiger partial charge in [0.25, 0.3) is 0 Å². The Morgan fingerprint density at radius 2 is 1.88 bits per heavy atom. The van der Waals surface area contributed by atoms with Crippen molar-refractivity contribution in [2.45, 2.75) is 6.61 Å². The maximum Gasteiger partial charge on any atom is 0.180 e. The zero-order valence-corrected chi connectivity index (χ0v) is 13.3. The molecule has 0 atom stereocenters. The van der Waals surface area contributed by atoms with Crippen molar-refractivity contribution in [3.63, 3.8) is 0 Å². The normalized spacial score (nSPS) is 10.9. The van der Waals surface area contributed by atoms with Crippen LogP contribution in [0.2, 0.25) is 0 Å². The molecule has 3 N–H and O–H groups in total. The molecule has 25 heavy (non-hydrogen) atoms. The van der Waals surface area contributed by atoms with E-state index in [0.717, 1.165) is 22.5 Å². The topological polar surface area (TPSA) is 82.7 Å². The third kappa shape index (κ3) is 2.90. The van der Waals surface area contributed by atoms with Crippen molar-refractivity contribution in [2.75, 3.05) is 5.32 Å². The van der Waals surface area contributed by atoms with E-state index >= 15 is 0 Å². The maximum absolute atomic E-state index is 9.39. The number of aliphatic hydroxyl groups excluding tert-OH is 1. The summed E-state index contributed by atoms with van der Waals surface area (Å²) in [5.74, 6) is 0.835. The van der Waals surface area contributed by atoms with Gasteiger partial charge >= 0.3 is 0 Å². The first-order valence-corrected chi connectivity index (χ1v) is 7.83. The summed E-state index contributed by atoms with van der Waals surface area (Å²) >= 11 is 0. The van der Waals surface area contributed by atoms with E-state index in [9.17, 15) is 10.2 Å². The number of nitrogens with zero attached hydrogens (tertiary/aromatic N) is 3. The quantitative estimate of drug-likeness (QED) is 0.499. The van der Waals surface area contributed by atoms with Gasteiger partial charge in [-0.15, -0.1) is 0 Å². The van der Waals surface area contributed by atoms with Gasteiger partial charge in [-0.3, -0.25) is 4.40 Å². The van der Waals surface area contributed by atoms with Crippen LogP contribution < -0.4 is 5.32 Å². The summed E-state index contributed by atoms with van der Waals surface area (Å²) < 4.78 is 1.95. The first kappa shape index (κ1) is 15.2. The molecule has 4 rings (SSSR count). The molecule has 0 saturated heterocycles. The van der Waals surface area contributed by atoms with Gasteiger partial charge in [-0.25, -0.2) is 9.97 Å². The molecule has 0 aliphatic heterocycles. The highest BCUT2D eigenvalue weighted by atomic mass is 16.3. The first-order valence-electron chi connectivity index (χ1n) is 7.83. The van der Waals surface area contributed by atoms with Crippen LogP contribution in [0.1, 0.15) is 5.56 Å². The molecule has 0 amide bonds. The van der Waals surface area contributed by atoms with E-state index in [1.54, 1.807) is 36.7 Å². The highest BCUT2D eigenvalue weighted by Crippen LogP contribution is 2.26. The van der Waals surface area contributed by atoms with E-state index in [2.05, 4.69) is 15.3 Å². The van der Waals surface area contributed by atoms with E-state index in [1.807, 2.05) is 34.9 Å². The fraction of sp³-hybridized carbons (Fsp3) is 0.0526. The lowest BCUT2D eigenvalue weighted by atomic mass is 10.1. The number of anilines is 2. The molecule has 2 aromatic heterocycles. The molecule has 0 aliphatic carbocycles. The minimum absolute atomic E-state index is 0.000208. The zero-order valence-electron chi connectivity index (χ0n) is 13.3. The SMILES string of the molecule is OCc1cccc(-c2cnc3c(Nc4ccc(O)cc4)nccn23)c1. The van der Waals surface area contributed by atoms with Crippen molar-refractivity contribution in [3.8, 4) is 17.0 Å². The summed E-state index contributed by atoms with van der Waals surface area (Å²) in [7, 11) is 0. The number of aromatic hydroxyl groups is 1. The molecule has 0 spiro atoms. The molecule has 124 valence electrons. The Hall–Kier alpha value is -3.38. The summed E-state index contributed by atoms with van der Waals surface area (Å²) in [6.07, 6.45) is 5.34. The molecule has 4 aromatic rings. The van der Waals surface area contributed by atoms with E-state index in [4.69, 9.17) is 0 Å². The fourth-order valence-corrected chi connectivity index (χ4v) is 2.73. The summed E-state index contributed by atoms with van der Waals surface area (Å²) in [5.41, 5.74) is 4.25. The lowest BCUT2D eigenvalue weighted by molar-refractivity contribution is 0.282. The Kier molecular flexibility index (Phi) is 3.80. The monoisotopic (exact) mass is 332 g/mol. The van der Waals surface area contributed by atoms with Crippen LogP contribution in [-0.4, -0.2) is 24.6 Å². The zero-order chi connectivity index (χ0) is 17.2. The Labute approximate surface area is 144 Å². The number of imidazole rings is 1. The van der Waals surface area contributed by atoms with Gasteiger partial charge in [0.05, 0.1) is 18.5 Å². The number of phenolic OH excluding ortho intramolecular Hbond substituents is 1. The van der Waals surface area contributed by atoms with Gasteiger partial charge in [-0.1, -0.05) is 18.2 Å². The molecule has 0 aliphatic rings. The van der Waals surface area contributed by atoms with Crippen molar-refractivity contribution in [1.82, 2.24) is 14.4 Å². The molecule has 0 fully saturated rings. The molecule has 6 heteroatoms. The van der Waals surface area contributed by atoms with E-state index in [-0.39, 0.29) is 12.4 Å². The number of nitrogens with one attached hydrogen (secondary N) is 1. The van der Waals surface area contributed by atoms with Crippen molar-refractivity contribution in [3.05, 3.63) is 72.7 Å². The first-order chi connectivity index (χ1) is 12.2. The highest BCUT2D eigenvalue weighted by molar-refractivity contribution is 5.74. The van der Waals surface area contributed by atoms with Crippen LogP contribution in [0, 0.1) is 0 Å². The summed E-state index contributed by atoms with van der Waals surface area (Å²) in [6.45, 7) is -0.000208. The summed E-state index contributed by atoms with van der Waals surface area (Å²) in [4.78, 5) is 8.86. The van der Waals surface area contributed by atoms with Gasteiger partial charge < -0.3 is 15.5 Å². The second-order valence-corrected chi connectivity index (χ2v) is 5.64. The summed E-state index contributed by atoms with van der Waals surface area (Å²) in [5, 5.41) is 21.9. The lowest BCUT2D eigenvalue weighted by Gasteiger charge is -2.08. The van der Waals surface area contributed by atoms with E-state index in [0.29, 0.717) is 11.5 Å². The van der Waals surface area contributed by atoms with Gasteiger partial charge in [0, 0.05) is 23.6 Å². The second kappa shape index (κ2) is 6.26. The van der Waals surface area contributed by atoms with Crippen LogP contribution in [-0.2, 0) is 6.61 Å². The third-order valence-electron chi connectivity index (χ3n) is 3.96. The Morgan fingerprint density at radius 3 is 2.68 bits per heavy atom. The van der Waals surface area contributed by atoms with Crippen LogP contribution >= 0.6 is 0 Å². The number of hydrogen-bond acceptors (Lipinski definition) is 5. The van der Waals surface area contributed by atoms with Crippen molar-refractivity contribution in [1.29, 1.82) is 0 Å². The molecule has 0 saturated carbocycles. The molecule has 0 radical (unpaired) electrons. The highest BCUT2D eigenvalue weighted by Gasteiger charge is 2.11. The molecule has 2 aromatic carbocycles. The molecule has 2 heterocycles. The Morgan fingerprint density at radius 1 is 1.04 bits per heavy atom. The van der Waals surface area contributed by atoms with E-state index in [1.165, 1.54) is 0 Å². The average molecular weight is 332 g/mol. The Balaban J connectivity index is 1.76. The number of hydrogen-bond donors (Lipinski definition) is 3. The van der Waals surface area contributed by atoms with Gasteiger partial charge in [0.1, 0.15) is 5.75 Å². The predicted octanol–water partition coefficient (Wildman–Crippen LogP) is 3.34. The Bertz CT molecular complexity index is 1030. The third-order valence-corrected chi connectivity index (χ3v) is 3.96. The predicted molar refractivity (Wildman–Crippen MR) is 95.7 cm³/mol. The maximum atomic E-state index is 9.39. The van der Waals surface area contributed by atoms with Crippen molar-refractivity contribution >= 4 is 17.2 Å². The number of phenols is 1. The summed E-state index contributed by atoms with van der Waals surface area (Å²) in [6, 6.07) is 14.5. The average Bonchev–Trinajstić information content (AvgIpc) is 3.09. The molecular formula is C19H16N4O2. The standard InChI is InChI=1S/C19H16N4O2/c24-12-13-2-1-3-14(10-13)17-11-21-19-18(20-8-9-23(17)19)22-15-4-6-16(25)7-5-15/h1-11,24-25H,12H2,(H,20,22). The van der Waals surface area contributed by atoms with Crippen LogP contribution in [0.4, 0.5) is 11.5 Å². The van der Waals surface area contributed by atoms with Gasteiger partial charge in [0.15, 0.2) is 11.5 Å². The van der Waals surface area contributed by atoms with Crippen molar-refractivity contribution in [2.24, 2.45) is 0 Å². The molecule has 6 nitrogen and oxygen atoms in total. The largest absolute Gasteiger partial charge is 0.508 e. The number of fused-ring (bicyclic) bond motifs is 1. The smallest absolute Gasteiger partial charge is 0.180 e.